The smallest absolute Gasteiger partial charge is 0.325 e. The maximum atomic E-state index is 12.8. The highest BCUT2D eigenvalue weighted by atomic mass is 32.1. The number of hydrogen-bond donors (Lipinski definition) is 0. The minimum Gasteiger partial charge on any atom is -0.493 e. The van der Waals surface area contributed by atoms with E-state index in [2.05, 4.69) is 4.99 Å². The third-order valence-corrected chi connectivity index (χ3v) is 5.56. The Morgan fingerprint density at radius 3 is 2.50 bits per heavy atom. The van der Waals surface area contributed by atoms with Crippen molar-refractivity contribution in [1.82, 2.24) is 4.57 Å². The lowest BCUT2D eigenvalue weighted by Crippen LogP contribution is -2.22. The van der Waals surface area contributed by atoms with Crippen LogP contribution in [0.5, 0.6) is 23.0 Å². The van der Waals surface area contributed by atoms with Gasteiger partial charge in [-0.05, 0) is 18.2 Å². The van der Waals surface area contributed by atoms with Gasteiger partial charge < -0.3 is 28.3 Å². The largest absolute Gasteiger partial charge is 0.493 e. The van der Waals surface area contributed by atoms with Crippen LogP contribution in [-0.2, 0) is 16.1 Å². The quantitative estimate of drug-likeness (QED) is 0.573. The first-order chi connectivity index (χ1) is 14.5. The summed E-state index contributed by atoms with van der Waals surface area (Å²) in [7, 11) is 4.31. The standard InChI is InChI=1S/C20H18N2O7S/c1-25-13-5-4-11(6-14(13)26-2)19(24)21-20-22(9-18(23)27-3)12-7-15-16(29-10-28-15)8-17(12)30-20/h4-8H,9-10H2,1-3H3. The Morgan fingerprint density at radius 2 is 1.80 bits per heavy atom. The van der Waals surface area contributed by atoms with E-state index in [-0.39, 0.29) is 13.3 Å². The van der Waals surface area contributed by atoms with E-state index in [4.69, 9.17) is 23.7 Å². The summed E-state index contributed by atoms with van der Waals surface area (Å²) in [6, 6.07) is 8.35. The van der Waals surface area contributed by atoms with Crippen LogP contribution in [0.25, 0.3) is 10.2 Å². The van der Waals surface area contributed by atoms with Gasteiger partial charge in [-0.25, -0.2) is 0 Å². The molecule has 10 heteroatoms. The van der Waals surface area contributed by atoms with E-state index in [0.29, 0.717) is 38.9 Å². The molecule has 1 amide bonds. The Kier molecular flexibility index (Phi) is 5.32. The monoisotopic (exact) mass is 430 g/mol. The molecule has 30 heavy (non-hydrogen) atoms. The molecule has 0 N–H and O–H groups in total. The van der Waals surface area contributed by atoms with Crippen molar-refractivity contribution < 1.29 is 33.3 Å². The number of benzene rings is 2. The van der Waals surface area contributed by atoms with Crippen molar-refractivity contribution in [1.29, 1.82) is 0 Å². The molecular formula is C20H18N2O7S. The lowest BCUT2D eigenvalue weighted by atomic mass is 10.2. The summed E-state index contributed by atoms with van der Waals surface area (Å²) in [5.41, 5.74) is 1.01. The number of rotatable bonds is 5. The van der Waals surface area contributed by atoms with Crippen molar-refractivity contribution in [3.63, 3.8) is 0 Å². The van der Waals surface area contributed by atoms with Crippen molar-refractivity contribution in [2.24, 2.45) is 4.99 Å². The van der Waals surface area contributed by atoms with Crippen LogP contribution >= 0.6 is 11.3 Å². The fraction of sp³-hybridized carbons (Fsp3) is 0.250. The number of esters is 1. The second-order valence-corrected chi connectivity index (χ2v) is 7.22. The van der Waals surface area contributed by atoms with Gasteiger partial charge in [0, 0.05) is 17.7 Å². The van der Waals surface area contributed by atoms with Gasteiger partial charge in [0.05, 0.1) is 31.5 Å². The summed E-state index contributed by atoms with van der Waals surface area (Å²) in [6.07, 6.45) is 0. The zero-order valence-electron chi connectivity index (χ0n) is 16.5. The van der Waals surface area contributed by atoms with Gasteiger partial charge in [-0.2, -0.15) is 4.99 Å². The van der Waals surface area contributed by atoms with Crippen LogP contribution in [0.4, 0.5) is 0 Å². The van der Waals surface area contributed by atoms with E-state index in [1.807, 2.05) is 0 Å². The summed E-state index contributed by atoms with van der Waals surface area (Å²) in [5.74, 6) is 1.14. The molecule has 0 atom stereocenters. The second-order valence-electron chi connectivity index (χ2n) is 6.21. The Bertz CT molecular complexity index is 1210. The summed E-state index contributed by atoms with van der Waals surface area (Å²) in [5, 5.41) is 0. The molecule has 2 aromatic carbocycles. The predicted octanol–water partition coefficient (Wildman–Crippen LogP) is 2.36. The summed E-state index contributed by atoms with van der Waals surface area (Å²) in [4.78, 5) is 29.4. The summed E-state index contributed by atoms with van der Waals surface area (Å²) in [6.45, 7) is 0.0345. The molecule has 1 aliphatic heterocycles. The van der Waals surface area contributed by atoms with Gasteiger partial charge in [-0.3, -0.25) is 9.59 Å². The highest BCUT2D eigenvalue weighted by molar-refractivity contribution is 7.16. The Balaban J connectivity index is 1.82. The predicted molar refractivity (Wildman–Crippen MR) is 107 cm³/mol. The average Bonchev–Trinajstić information content (AvgIpc) is 3.35. The zero-order valence-corrected chi connectivity index (χ0v) is 17.3. The molecule has 2 heterocycles. The summed E-state index contributed by atoms with van der Waals surface area (Å²) >= 11 is 1.26. The van der Waals surface area contributed by atoms with Gasteiger partial charge in [0.25, 0.3) is 5.91 Å². The first kappa shape index (κ1) is 19.8. The first-order valence-electron chi connectivity index (χ1n) is 8.85. The Hall–Kier alpha value is -3.53. The lowest BCUT2D eigenvalue weighted by Gasteiger charge is -2.08. The molecule has 156 valence electrons. The van der Waals surface area contributed by atoms with Crippen molar-refractivity contribution in [3.05, 3.63) is 40.7 Å². The fourth-order valence-electron chi connectivity index (χ4n) is 3.01. The first-order valence-corrected chi connectivity index (χ1v) is 9.66. The van der Waals surface area contributed by atoms with Crippen LogP contribution in [0.3, 0.4) is 0 Å². The highest BCUT2D eigenvalue weighted by Crippen LogP contribution is 2.37. The number of fused-ring (bicyclic) bond motifs is 2. The number of carbonyl (C=O) groups excluding carboxylic acids is 2. The zero-order chi connectivity index (χ0) is 21.3. The molecule has 0 aliphatic carbocycles. The number of carbonyl (C=O) groups is 2. The van der Waals surface area contributed by atoms with Crippen LogP contribution in [-0.4, -0.2) is 44.6 Å². The fourth-order valence-corrected chi connectivity index (χ4v) is 4.05. The molecule has 0 fully saturated rings. The topological polar surface area (TPSA) is 97.6 Å². The molecule has 1 aliphatic rings. The molecule has 4 rings (SSSR count). The normalized spacial score (nSPS) is 12.8. The third kappa shape index (κ3) is 3.57. The van der Waals surface area contributed by atoms with Crippen molar-refractivity contribution in [2.45, 2.75) is 6.54 Å². The van der Waals surface area contributed by atoms with E-state index in [1.165, 1.54) is 32.7 Å². The Morgan fingerprint density at radius 1 is 1.07 bits per heavy atom. The number of hydrogen-bond acceptors (Lipinski definition) is 8. The number of aromatic nitrogens is 1. The molecule has 0 saturated carbocycles. The molecule has 0 bridgehead atoms. The molecule has 0 unspecified atom stereocenters. The van der Waals surface area contributed by atoms with Gasteiger partial charge in [0.2, 0.25) is 6.79 Å². The molecule has 0 radical (unpaired) electrons. The summed E-state index contributed by atoms with van der Waals surface area (Å²) < 4.78 is 28.5. The van der Waals surface area contributed by atoms with Crippen LogP contribution in [0.2, 0.25) is 0 Å². The lowest BCUT2D eigenvalue weighted by molar-refractivity contribution is -0.141. The van der Waals surface area contributed by atoms with Gasteiger partial charge in [0.15, 0.2) is 27.8 Å². The molecular weight excluding hydrogens is 412 g/mol. The second kappa shape index (κ2) is 8.07. The molecule has 0 spiro atoms. The molecule has 9 nitrogen and oxygen atoms in total. The van der Waals surface area contributed by atoms with Crippen molar-refractivity contribution >= 4 is 33.4 Å². The van der Waals surface area contributed by atoms with E-state index >= 15 is 0 Å². The third-order valence-electron chi connectivity index (χ3n) is 4.52. The van der Waals surface area contributed by atoms with Gasteiger partial charge in [-0.1, -0.05) is 11.3 Å². The van der Waals surface area contributed by atoms with E-state index in [1.54, 1.807) is 34.9 Å². The number of thiazole rings is 1. The SMILES string of the molecule is COC(=O)Cn1c(=NC(=O)c2ccc(OC)c(OC)c2)sc2cc3c(cc21)OCO3. The number of nitrogens with zero attached hydrogens (tertiary/aromatic N) is 2. The van der Waals surface area contributed by atoms with Crippen molar-refractivity contribution in [3.8, 4) is 23.0 Å². The Labute approximate surface area is 175 Å². The molecule has 0 saturated heterocycles. The number of amides is 1. The number of ether oxygens (including phenoxy) is 5. The van der Waals surface area contributed by atoms with E-state index in [9.17, 15) is 9.59 Å². The molecule has 3 aromatic rings. The molecule has 1 aromatic heterocycles. The maximum absolute atomic E-state index is 12.8. The number of methoxy groups -OCH3 is 3. The minimum absolute atomic E-state index is 0.103. The minimum atomic E-state index is -0.485. The van der Waals surface area contributed by atoms with Gasteiger partial charge in [0.1, 0.15) is 6.54 Å². The van der Waals surface area contributed by atoms with Gasteiger partial charge in [-0.15, -0.1) is 0 Å². The maximum Gasteiger partial charge on any atom is 0.325 e. The van der Waals surface area contributed by atoms with Crippen molar-refractivity contribution in [2.75, 3.05) is 28.1 Å². The van der Waals surface area contributed by atoms with Crippen LogP contribution < -0.4 is 23.7 Å². The van der Waals surface area contributed by atoms with Gasteiger partial charge >= 0.3 is 5.97 Å². The van der Waals surface area contributed by atoms with E-state index in [0.717, 1.165) is 4.70 Å². The van der Waals surface area contributed by atoms with Crippen LogP contribution in [0, 0.1) is 0 Å². The van der Waals surface area contributed by atoms with E-state index < -0.39 is 11.9 Å². The average molecular weight is 430 g/mol. The van der Waals surface area contributed by atoms with Crippen LogP contribution in [0.15, 0.2) is 35.3 Å². The highest BCUT2D eigenvalue weighted by Gasteiger charge is 2.19. The van der Waals surface area contributed by atoms with Crippen LogP contribution in [0.1, 0.15) is 10.4 Å².